The van der Waals surface area contributed by atoms with Crippen molar-refractivity contribution in [2.75, 3.05) is 19.0 Å². The Morgan fingerprint density at radius 3 is 2.50 bits per heavy atom. The molecule has 6 nitrogen and oxygen atoms in total. The van der Waals surface area contributed by atoms with Crippen LogP contribution >= 0.6 is 11.6 Å². The van der Waals surface area contributed by atoms with E-state index in [1.807, 2.05) is 0 Å². The highest BCUT2D eigenvalue weighted by atomic mass is 35.5. The number of benzene rings is 1. The molecule has 0 heterocycles. The maximum Gasteiger partial charge on any atom is 0.337 e. The molecule has 0 radical (unpaired) electrons. The fourth-order valence-electron chi connectivity index (χ4n) is 1.39. The number of nitrogens with zero attached hydrogens (tertiary/aromatic N) is 1. The predicted molar refractivity (Wildman–Crippen MR) is 76.4 cm³/mol. The maximum absolute atomic E-state index is 12.1. The van der Waals surface area contributed by atoms with Gasteiger partial charge in [0.15, 0.2) is 0 Å². The normalized spacial score (nSPS) is 11.1. The third-order valence-corrected chi connectivity index (χ3v) is 3.29. The van der Waals surface area contributed by atoms with E-state index in [1.165, 1.54) is 30.1 Å². The number of halogens is 1. The van der Waals surface area contributed by atoms with Crippen LogP contribution < -0.4 is 5.32 Å². The first-order valence-corrected chi connectivity index (χ1v) is 6.25. The smallest absolute Gasteiger partial charge is 0.337 e. The van der Waals surface area contributed by atoms with Gasteiger partial charge < -0.3 is 20.4 Å². The van der Waals surface area contributed by atoms with Crippen molar-refractivity contribution >= 4 is 29.3 Å². The van der Waals surface area contributed by atoms with Crippen LogP contribution in [-0.2, 0) is 0 Å². The number of carbonyl (C=O) groups is 2. The van der Waals surface area contributed by atoms with Crippen LogP contribution in [0.1, 0.15) is 24.2 Å². The van der Waals surface area contributed by atoms with Gasteiger partial charge in [-0.2, -0.15) is 0 Å². The van der Waals surface area contributed by atoms with E-state index < -0.39 is 17.5 Å². The standard InChI is InChI=1S/C13H17ClN2O4/c1-13(2,7-17)16(3)12(20)15-10-6-8(14)4-5-9(10)11(18)19/h4-6,17H,7H2,1-3H3,(H,15,20)(H,18,19). The lowest BCUT2D eigenvalue weighted by molar-refractivity contribution is 0.0698. The summed E-state index contributed by atoms with van der Waals surface area (Å²) >= 11 is 5.80. The van der Waals surface area contributed by atoms with Crippen LogP contribution in [0, 0.1) is 0 Å². The number of aliphatic hydroxyl groups is 1. The molecule has 0 atom stereocenters. The van der Waals surface area contributed by atoms with Gasteiger partial charge in [0.1, 0.15) is 0 Å². The molecule has 1 rings (SSSR count). The maximum atomic E-state index is 12.1. The first-order chi connectivity index (χ1) is 9.19. The average Bonchev–Trinajstić information content (AvgIpc) is 2.37. The van der Waals surface area contributed by atoms with Gasteiger partial charge >= 0.3 is 12.0 Å². The summed E-state index contributed by atoms with van der Waals surface area (Å²) < 4.78 is 0. The van der Waals surface area contributed by atoms with E-state index in [4.69, 9.17) is 16.7 Å². The molecule has 0 saturated heterocycles. The summed E-state index contributed by atoms with van der Waals surface area (Å²) in [6.45, 7) is 3.14. The number of hydrogen-bond donors (Lipinski definition) is 3. The number of likely N-dealkylation sites (N-methyl/N-ethyl adjacent to an activating group) is 1. The fraction of sp³-hybridized carbons (Fsp3) is 0.385. The van der Waals surface area contributed by atoms with Crippen molar-refractivity contribution in [1.29, 1.82) is 0 Å². The summed E-state index contributed by atoms with van der Waals surface area (Å²) in [5, 5.41) is 21.1. The summed E-state index contributed by atoms with van der Waals surface area (Å²) in [6, 6.07) is 3.58. The van der Waals surface area contributed by atoms with Crippen LogP contribution in [-0.4, -0.2) is 46.3 Å². The van der Waals surface area contributed by atoms with Gasteiger partial charge in [-0.3, -0.25) is 0 Å². The van der Waals surface area contributed by atoms with Crippen LogP contribution in [0.15, 0.2) is 18.2 Å². The second-order valence-corrected chi connectivity index (χ2v) is 5.39. The van der Waals surface area contributed by atoms with Crippen molar-refractivity contribution in [3.05, 3.63) is 28.8 Å². The summed E-state index contributed by atoms with van der Waals surface area (Å²) in [5.41, 5.74) is -0.722. The van der Waals surface area contributed by atoms with Gasteiger partial charge in [0.05, 0.1) is 23.4 Å². The third kappa shape index (κ3) is 3.61. The first-order valence-electron chi connectivity index (χ1n) is 5.87. The molecule has 0 fully saturated rings. The number of aromatic carboxylic acids is 1. The Morgan fingerprint density at radius 2 is 2.00 bits per heavy atom. The Bertz CT molecular complexity index is 531. The largest absolute Gasteiger partial charge is 0.478 e. The zero-order chi connectivity index (χ0) is 15.5. The second kappa shape index (κ2) is 6.11. The monoisotopic (exact) mass is 300 g/mol. The van der Waals surface area contributed by atoms with Crippen molar-refractivity contribution < 1.29 is 19.8 Å². The van der Waals surface area contributed by atoms with Gasteiger partial charge in [-0.25, -0.2) is 9.59 Å². The summed E-state index contributed by atoms with van der Waals surface area (Å²) in [7, 11) is 1.51. The van der Waals surface area contributed by atoms with Crippen molar-refractivity contribution in [3.63, 3.8) is 0 Å². The molecular weight excluding hydrogens is 284 g/mol. The molecule has 1 aromatic carbocycles. The molecular formula is C13H17ClN2O4. The Balaban J connectivity index is 3.02. The van der Waals surface area contributed by atoms with Gasteiger partial charge in [-0.15, -0.1) is 0 Å². The molecule has 0 aromatic heterocycles. The average molecular weight is 301 g/mol. The Hall–Kier alpha value is -1.79. The van der Waals surface area contributed by atoms with Crippen LogP contribution in [0.3, 0.4) is 0 Å². The zero-order valence-corrected chi connectivity index (χ0v) is 12.2. The minimum absolute atomic E-state index is 0.0574. The Morgan fingerprint density at radius 1 is 1.40 bits per heavy atom. The number of hydrogen-bond acceptors (Lipinski definition) is 3. The molecule has 0 unspecified atom stereocenters. The molecule has 0 bridgehead atoms. The number of nitrogens with one attached hydrogen (secondary N) is 1. The molecule has 0 aliphatic carbocycles. The van der Waals surface area contributed by atoms with E-state index in [-0.39, 0.29) is 17.9 Å². The van der Waals surface area contributed by atoms with E-state index in [1.54, 1.807) is 13.8 Å². The van der Waals surface area contributed by atoms with E-state index >= 15 is 0 Å². The lowest BCUT2D eigenvalue weighted by Crippen LogP contribution is -2.49. The minimum atomic E-state index is -1.17. The molecule has 0 saturated carbocycles. The van der Waals surface area contributed by atoms with Crippen LogP contribution in [0.25, 0.3) is 0 Å². The van der Waals surface area contributed by atoms with Crippen molar-refractivity contribution in [1.82, 2.24) is 4.90 Å². The highest BCUT2D eigenvalue weighted by Gasteiger charge is 2.27. The number of amides is 2. The number of rotatable bonds is 4. The number of anilines is 1. The third-order valence-electron chi connectivity index (χ3n) is 3.05. The highest BCUT2D eigenvalue weighted by Crippen LogP contribution is 2.22. The molecule has 0 aliphatic heterocycles. The predicted octanol–water partition coefficient (Wildman–Crippen LogP) is 2.27. The topological polar surface area (TPSA) is 89.9 Å². The van der Waals surface area contributed by atoms with Gasteiger partial charge in [0.2, 0.25) is 0 Å². The number of carbonyl (C=O) groups excluding carboxylic acids is 1. The molecule has 1 aromatic rings. The second-order valence-electron chi connectivity index (χ2n) is 4.95. The molecule has 0 spiro atoms. The zero-order valence-electron chi connectivity index (χ0n) is 11.5. The molecule has 20 heavy (non-hydrogen) atoms. The van der Waals surface area contributed by atoms with E-state index in [2.05, 4.69) is 5.32 Å². The quantitative estimate of drug-likeness (QED) is 0.795. The Kier molecular flexibility index (Phi) is 4.97. The van der Waals surface area contributed by atoms with E-state index in [9.17, 15) is 14.7 Å². The van der Waals surface area contributed by atoms with Crippen molar-refractivity contribution in [2.45, 2.75) is 19.4 Å². The highest BCUT2D eigenvalue weighted by molar-refractivity contribution is 6.31. The molecule has 2 amide bonds. The number of carboxylic acid groups (broad SMARTS) is 1. The van der Waals surface area contributed by atoms with Crippen LogP contribution in [0.4, 0.5) is 10.5 Å². The fourth-order valence-corrected chi connectivity index (χ4v) is 1.56. The lowest BCUT2D eigenvalue weighted by atomic mass is 10.1. The molecule has 0 aliphatic rings. The number of aliphatic hydroxyl groups excluding tert-OH is 1. The first kappa shape index (κ1) is 16.3. The van der Waals surface area contributed by atoms with Gasteiger partial charge in [-0.1, -0.05) is 11.6 Å². The molecule has 110 valence electrons. The van der Waals surface area contributed by atoms with E-state index in [0.29, 0.717) is 5.02 Å². The Labute approximate surface area is 122 Å². The summed E-state index contributed by atoms with van der Waals surface area (Å²) in [4.78, 5) is 24.5. The molecule has 3 N–H and O–H groups in total. The summed E-state index contributed by atoms with van der Waals surface area (Å²) in [5.74, 6) is -1.17. The van der Waals surface area contributed by atoms with Crippen LogP contribution in [0.2, 0.25) is 5.02 Å². The summed E-state index contributed by atoms with van der Waals surface area (Å²) in [6.07, 6.45) is 0. The van der Waals surface area contributed by atoms with E-state index in [0.717, 1.165) is 0 Å². The van der Waals surface area contributed by atoms with Gasteiger partial charge in [0.25, 0.3) is 0 Å². The minimum Gasteiger partial charge on any atom is -0.478 e. The lowest BCUT2D eigenvalue weighted by Gasteiger charge is -2.33. The molecule has 7 heteroatoms. The number of urea groups is 1. The number of carboxylic acids is 1. The van der Waals surface area contributed by atoms with Gasteiger partial charge in [0, 0.05) is 12.1 Å². The van der Waals surface area contributed by atoms with Crippen molar-refractivity contribution in [2.24, 2.45) is 0 Å². The van der Waals surface area contributed by atoms with Gasteiger partial charge in [-0.05, 0) is 32.0 Å². The van der Waals surface area contributed by atoms with Crippen molar-refractivity contribution in [3.8, 4) is 0 Å². The van der Waals surface area contributed by atoms with Crippen LogP contribution in [0.5, 0.6) is 0 Å². The SMILES string of the molecule is CN(C(=O)Nc1cc(Cl)ccc1C(=O)O)C(C)(C)CO.